The van der Waals surface area contributed by atoms with E-state index in [1.165, 1.54) is 6.07 Å². The fraction of sp³-hybridized carbons (Fsp3) is 0.235. The Labute approximate surface area is 137 Å². The highest BCUT2D eigenvalue weighted by Gasteiger charge is 2.12. The number of hydrogen-bond acceptors (Lipinski definition) is 5. The van der Waals surface area contributed by atoms with Gasteiger partial charge in [0.25, 0.3) is 5.56 Å². The fourth-order valence-corrected chi connectivity index (χ4v) is 3.23. The number of hydrogen-bond donors (Lipinski definition) is 1. The van der Waals surface area contributed by atoms with Crippen molar-refractivity contribution in [1.29, 1.82) is 0 Å². The Bertz CT molecular complexity index is 865. The minimum Gasteiger partial charge on any atom is -0.462 e. The molecule has 5 nitrogen and oxygen atoms in total. The van der Waals surface area contributed by atoms with Crippen molar-refractivity contribution >= 4 is 27.5 Å². The normalized spacial score (nSPS) is 10.8. The van der Waals surface area contributed by atoms with Crippen molar-refractivity contribution < 1.29 is 9.53 Å². The number of ether oxygens (including phenoxy) is 1. The van der Waals surface area contributed by atoms with Crippen LogP contribution in [0.2, 0.25) is 0 Å². The first-order valence-corrected chi connectivity index (χ1v) is 8.16. The number of fused-ring (bicyclic) bond motifs is 1. The highest BCUT2D eigenvalue weighted by molar-refractivity contribution is 7.18. The Morgan fingerprint density at radius 2 is 2.09 bits per heavy atom. The fourth-order valence-electron chi connectivity index (χ4n) is 2.23. The Morgan fingerprint density at radius 1 is 1.26 bits per heavy atom. The van der Waals surface area contributed by atoms with Gasteiger partial charge in [0, 0.05) is 12.1 Å². The van der Waals surface area contributed by atoms with Gasteiger partial charge in [-0.25, -0.2) is 9.78 Å². The van der Waals surface area contributed by atoms with Gasteiger partial charge in [-0.3, -0.25) is 4.79 Å². The summed E-state index contributed by atoms with van der Waals surface area (Å²) in [6.45, 7) is 2.02. The Morgan fingerprint density at radius 3 is 2.87 bits per heavy atom. The zero-order valence-electron chi connectivity index (χ0n) is 12.7. The lowest BCUT2D eigenvalue weighted by Gasteiger charge is -2.03. The quantitative estimate of drug-likeness (QED) is 0.577. The second-order valence-electron chi connectivity index (χ2n) is 5.20. The summed E-state index contributed by atoms with van der Waals surface area (Å²) in [5.74, 6) is -0.587. The third-order valence-corrected chi connectivity index (χ3v) is 4.48. The van der Waals surface area contributed by atoms with E-state index in [1.807, 2.05) is 24.3 Å². The largest absolute Gasteiger partial charge is 0.462 e. The molecule has 0 saturated carbocycles. The predicted molar refractivity (Wildman–Crippen MR) is 90.0 cm³/mol. The molecule has 0 aliphatic rings. The molecule has 0 aliphatic heterocycles. The summed E-state index contributed by atoms with van der Waals surface area (Å²) in [4.78, 5) is 30.7. The van der Waals surface area contributed by atoms with E-state index < -0.39 is 11.5 Å². The third-order valence-electron chi connectivity index (χ3n) is 3.38. The number of nitrogens with one attached hydrogen (secondary N) is 1. The second-order valence-corrected chi connectivity index (χ2v) is 6.31. The number of esters is 1. The molecule has 2 aromatic heterocycles. The average molecular weight is 328 g/mol. The van der Waals surface area contributed by atoms with Crippen LogP contribution < -0.4 is 5.56 Å². The van der Waals surface area contributed by atoms with Gasteiger partial charge in [0.15, 0.2) is 0 Å². The monoisotopic (exact) mass is 328 g/mol. The van der Waals surface area contributed by atoms with Crippen molar-refractivity contribution in [3.63, 3.8) is 0 Å². The summed E-state index contributed by atoms with van der Waals surface area (Å²) >= 11 is 1.65. The van der Waals surface area contributed by atoms with Gasteiger partial charge in [-0.2, -0.15) is 0 Å². The van der Waals surface area contributed by atoms with Crippen molar-refractivity contribution in [2.24, 2.45) is 0 Å². The molecule has 3 rings (SSSR count). The molecule has 6 heteroatoms. The number of carbonyl (C=O) groups is 1. The van der Waals surface area contributed by atoms with Gasteiger partial charge in [-0.15, -0.1) is 11.3 Å². The second kappa shape index (κ2) is 6.75. The van der Waals surface area contributed by atoms with Crippen LogP contribution in [0.1, 0.15) is 27.5 Å². The van der Waals surface area contributed by atoms with Gasteiger partial charge >= 0.3 is 5.97 Å². The summed E-state index contributed by atoms with van der Waals surface area (Å²) < 4.78 is 6.32. The number of carbonyl (C=O) groups excluding carboxylic acids is 1. The zero-order chi connectivity index (χ0) is 16.2. The summed E-state index contributed by atoms with van der Waals surface area (Å²) in [5, 5.41) is 1.02. The van der Waals surface area contributed by atoms with Crippen molar-refractivity contribution in [3.8, 4) is 0 Å². The smallest absolute Gasteiger partial charge is 0.343 e. The van der Waals surface area contributed by atoms with E-state index in [4.69, 9.17) is 4.74 Å². The zero-order valence-corrected chi connectivity index (χ0v) is 13.5. The number of nitrogens with zero attached hydrogens (tertiary/aromatic N) is 1. The SMILES string of the molecule is Cc1ccc(C(=O)OCCCc2nc3ccccc3s2)c(=O)[nH]1. The summed E-state index contributed by atoms with van der Waals surface area (Å²) in [7, 11) is 0. The van der Waals surface area contributed by atoms with Crippen LogP contribution in [0.25, 0.3) is 10.2 Å². The number of aryl methyl sites for hydroxylation is 2. The van der Waals surface area contributed by atoms with Gasteiger partial charge in [0.1, 0.15) is 5.56 Å². The molecule has 0 atom stereocenters. The number of aromatic nitrogens is 2. The maximum Gasteiger partial charge on any atom is 0.343 e. The van der Waals surface area contributed by atoms with E-state index in [-0.39, 0.29) is 12.2 Å². The maximum atomic E-state index is 11.9. The van der Waals surface area contributed by atoms with Gasteiger partial charge in [-0.05, 0) is 37.6 Å². The van der Waals surface area contributed by atoms with Gasteiger partial charge in [0.05, 0.1) is 21.8 Å². The van der Waals surface area contributed by atoms with Crippen LogP contribution in [0, 0.1) is 6.92 Å². The standard InChI is InChI=1S/C17H16N2O3S/c1-11-8-9-12(16(20)18-11)17(21)22-10-4-7-15-19-13-5-2-3-6-14(13)23-15/h2-3,5-6,8-9H,4,7,10H2,1H3,(H,18,20). The lowest BCUT2D eigenvalue weighted by atomic mass is 10.2. The topological polar surface area (TPSA) is 72.0 Å². The number of benzene rings is 1. The van der Waals surface area contributed by atoms with Crippen LogP contribution >= 0.6 is 11.3 Å². The van der Waals surface area contributed by atoms with E-state index in [9.17, 15) is 9.59 Å². The molecule has 0 spiro atoms. The molecule has 0 bridgehead atoms. The summed E-state index contributed by atoms with van der Waals surface area (Å²) in [5.41, 5.74) is 1.33. The molecular formula is C17H16N2O3S. The highest BCUT2D eigenvalue weighted by Crippen LogP contribution is 2.22. The molecule has 3 aromatic rings. The minimum atomic E-state index is -0.587. The number of thiazole rings is 1. The van der Waals surface area contributed by atoms with Crippen molar-refractivity contribution in [3.05, 3.63) is 63.0 Å². The molecule has 1 aromatic carbocycles. The molecule has 0 amide bonds. The first-order chi connectivity index (χ1) is 11.1. The number of pyridine rings is 1. The molecule has 0 fully saturated rings. The maximum absolute atomic E-state index is 11.9. The number of aromatic amines is 1. The van der Waals surface area contributed by atoms with Gasteiger partial charge in [-0.1, -0.05) is 12.1 Å². The molecule has 0 saturated heterocycles. The highest BCUT2D eigenvalue weighted by atomic mass is 32.1. The van der Waals surface area contributed by atoms with Crippen molar-refractivity contribution in [2.45, 2.75) is 19.8 Å². The molecule has 2 heterocycles. The summed E-state index contributed by atoms with van der Waals surface area (Å²) in [6.07, 6.45) is 1.42. The molecule has 0 unspecified atom stereocenters. The molecular weight excluding hydrogens is 312 g/mol. The Balaban J connectivity index is 1.53. The van der Waals surface area contributed by atoms with Crippen LogP contribution in [0.15, 0.2) is 41.2 Å². The van der Waals surface area contributed by atoms with E-state index in [0.717, 1.165) is 21.6 Å². The number of H-pyrrole nitrogens is 1. The Hall–Kier alpha value is -2.47. The Kier molecular flexibility index (Phi) is 4.52. The van der Waals surface area contributed by atoms with Crippen LogP contribution in [-0.4, -0.2) is 22.5 Å². The molecule has 0 radical (unpaired) electrons. The van der Waals surface area contributed by atoms with E-state index in [0.29, 0.717) is 12.1 Å². The van der Waals surface area contributed by atoms with E-state index >= 15 is 0 Å². The van der Waals surface area contributed by atoms with Crippen LogP contribution in [-0.2, 0) is 11.2 Å². The third kappa shape index (κ3) is 3.65. The number of para-hydroxylation sites is 1. The van der Waals surface area contributed by atoms with Crippen LogP contribution in [0.5, 0.6) is 0 Å². The van der Waals surface area contributed by atoms with Crippen LogP contribution in [0.3, 0.4) is 0 Å². The first kappa shape index (κ1) is 15.4. The van der Waals surface area contributed by atoms with Gasteiger partial charge in [0.2, 0.25) is 0 Å². The van der Waals surface area contributed by atoms with Crippen LogP contribution in [0.4, 0.5) is 0 Å². The average Bonchev–Trinajstić information content (AvgIpc) is 2.94. The molecule has 0 aliphatic carbocycles. The molecule has 118 valence electrons. The number of rotatable bonds is 5. The predicted octanol–water partition coefficient (Wildman–Crippen LogP) is 3.08. The van der Waals surface area contributed by atoms with Crippen molar-refractivity contribution in [1.82, 2.24) is 9.97 Å². The van der Waals surface area contributed by atoms with E-state index in [2.05, 4.69) is 9.97 Å². The van der Waals surface area contributed by atoms with Gasteiger partial charge < -0.3 is 9.72 Å². The molecule has 1 N–H and O–H groups in total. The first-order valence-electron chi connectivity index (χ1n) is 7.35. The molecule has 23 heavy (non-hydrogen) atoms. The minimum absolute atomic E-state index is 0.0376. The summed E-state index contributed by atoms with van der Waals surface area (Å²) in [6, 6.07) is 11.2. The lowest BCUT2D eigenvalue weighted by molar-refractivity contribution is 0.0498. The lowest BCUT2D eigenvalue weighted by Crippen LogP contribution is -2.20. The van der Waals surface area contributed by atoms with Crippen molar-refractivity contribution in [2.75, 3.05) is 6.61 Å². The van der Waals surface area contributed by atoms with E-state index in [1.54, 1.807) is 24.3 Å².